The minimum Gasteiger partial charge on any atom is -0.454 e. The van der Waals surface area contributed by atoms with E-state index in [9.17, 15) is 4.79 Å². The van der Waals surface area contributed by atoms with Gasteiger partial charge in [0.05, 0.1) is 23.0 Å². The molecule has 0 aliphatic carbocycles. The zero-order valence-electron chi connectivity index (χ0n) is 13.8. The van der Waals surface area contributed by atoms with Gasteiger partial charge in [-0.15, -0.1) is 0 Å². The molecule has 2 aromatic heterocycles. The summed E-state index contributed by atoms with van der Waals surface area (Å²) in [6.07, 6.45) is 3.31. The Morgan fingerprint density at radius 1 is 1.39 bits per heavy atom. The molecular weight excluding hydrogens is 314 g/mol. The number of furan rings is 1. The first kappa shape index (κ1) is 16.1. The number of hydrogen-bond donors (Lipinski definition) is 0. The third-order valence-electron chi connectivity index (χ3n) is 4.54. The molecule has 3 rings (SSSR count). The average Bonchev–Trinajstić information content (AvgIpc) is 3.09. The molecule has 1 fully saturated rings. The Labute approximate surface area is 141 Å². The van der Waals surface area contributed by atoms with Crippen LogP contribution in [-0.4, -0.2) is 33.2 Å². The first-order valence-electron chi connectivity index (χ1n) is 8.06. The molecule has 0 unspecified atom stereocenters. The molecule has 124 valence electrons. The van der Waals surface area contributed by atoms with E-state index in [4.69, 9.17) is 16.0 Å². The maximum Gasteiger partial charge on any atom is 0.289 e. The molecule has 23 heavy (non-hydrogen) atoms. The molecule has 0 radical (unpaired) electrons. The molecule has 1 aliphatic rings. The number of carbonyl (C=O) groups is 1. The molecule has 0 bridgehead atoms. The second-order valence-electron chi connectivity index (χ2n) is 6.25. The number of carbonyl (C=O) groups excluding carboxylic acids is 1. The fourth-order valence-corrected chi connectivity index (χ4v) is 3.23. The quantitative estimate of drug-likeness (QED) is 0.857. The van der Waals surface area contributed by atoms with Crippen molar-refractivity contribution >= 4 is 17.5 Å². The largest absolute Gasteiger partial charge is 0.454 e. The highest BCUT2D eigenvalue weighted by molar-refractivity contribution is 6.31. The summed E-state index contributed by atoms with van der Waals surface area (Å²) < 4.78 is 7.56. The molecule has 1 saturated heterocycles. The monoisotopic (exact) mass is 335 g/mol. The highest BCUT2D eigenvalue weighted by Gasteiger charge is 2.26. The van der Waals surface area contributed by atoms with Crippen LogP contribution in [0, 0.1) is 13.8 Å². The van der Waals surface area contributed by atoms with Crippen molar-refractivity contribution in [1.82, 2.24) is 14.7 Å². The van der Waals surface area contributed by atoms with Crippen molar-refractivity contribution in [3.05, 3.63) is 40.1 Å². The van der Waals surface area contributed by atoms with E-state index in [-0.39, 0.29) is 11.9 Å². The predicted molar refractivity (Wildman–Crippen MR) is 88.9 cm³/mol. The van der Waals surface area contributed by atoms with E-state index in [0.717, 1.165) is 30.8 Å². The summed E-state index contributed by atoms with van der Waals surface area (Å²) in [7, 11) is 0. The van der Waals surface area contributed by atoms with Gasteiger partial charge in [-0.3, -0.25) is 9.48 Å². The van der Waals surface area contributed by atoms with Crippen molar-refractivity contribution < 1.29 is 9.21 Å². The number of nitrogens with zero attached hydrogens (tertiary/aromatic N) is 3. The molecule has 0 N–H and O–H groups in total. The number of amides is 1. The fourth-order valence-electron chi connectivity index (χ4n) is 3.10. The molecule has 6 heteroatoms. The molecule has 3 heterocycles. The van der Waals surface area contributed by atoms with Crippen molar-refractivity contribution in [1.29, 1.82) is 0 Å². The van der Waals surface area contributed by atoms with Crippen molar-refractivity contribution in [3.8, 4) is 0 Å². The Kier molecular flexibility index (Phi) is 4.48. The first-order chi connectivity index (χ1) is 11.0. The van der Waals surface area contributed by atoms with Gasteiger partial charge in [0.25, 0.3) is 5.91 Å². The van der Waals surface area contributed by atoms with Crippen molar-refractivity contribution in [2.45, 2.75) is 52.6 Å². The van der Waals surface area contributed by atoms with Gasteiger partial charge in [-0.2, -0.15) is 5.10 Å². The maximum atomic E-state index is 12.6. The summed E-state index contributed by atoms with van der Waals surface area (Å²) in [6, 6.07) is 3.87. The van der Waals surface area contributed by atoms with Gasteiger partial charge in [-0.1, -0.05) is 11.6 Å². The summed E-state index contributed by atoms with van der Waals surface area (Å²) >= 11 is 6.16. The maximum absolute atomic E-state index is 12.6. The molecule has 1 amide bonds. The van der Waals surface area contributed by atoms with Crippen LogP contribution in [0.25, 0.3) is 0 Å². The van der Waals surface area contributed by atoms with E-state index in [1.54, 1.807) is 10.7 Å². The molecule has 5 nitrogen and oxygen atoms in total. The summed E-state index contributed by atoms with van der Waals surface area (Å²) in [5, 5.41) is 5.07. The van der Waals surface area contributed by atoms with Gasteiger partial charge in [0.15, 0.2) is 5.76 Å². The predicted octanol–water partition coefficient (Wildman–Crippen LogP) is 3.81. The van der Waals surface area contributed by atoms with Crippen LogP contribution < -0.4 is 0 Å². The van der Waals surface area contributed by atoms with Gasteiger partial charge in [-0.05, 0) is 52.2 Å². The van der Waals surface area contributed by atoms with Crippen molar-refractivity contribution in [3.63, 3.8) is 0 Å². The van der Waals surface area contributed by atoms with Crippen LogP contribution in [-0.2, 0) is 6.54 Å². The second kappa shape index (κ2) is 6.40. The molecule has 2 aromatic rings. The van der Waals surface area contributed by atoms with Crippen LogP contribution in [0.15, 0.2) is 16.5 Å². The SMILES string of the molecule is Cc1nn(Cc2ccc(C(=O)N3CCCC[C@H]3C)o2)c(C)c1Cl. The Bertz CT molecular complexity index is 719. The number of piperidine rings is 1. The summed E-state index contributed by atoms with van der Waals surface area (Å²) in [5.74, 6) is 1.09. The van der Waals surface area contributed by atoms with Gasteiger partial charge in [-0.25, -0.2) is 0 Å². The number of aromatic nitrogens is 2. The molecule has 0 saturated carbocycles. The normalized spacial score (nSPS) is 18.4. The van der Waals surface area contributed by atoms with Crippen molar-refractivity contribution in [2.24, 2.45) is 0 Å². The zero-order chi connectivity index (χ0) is 16.6. The number of hydrogen-bond acceptors (Lipinski definition) is 3. The van der Waals surface area contributed by atoms with E-state index in [1.807, 2.05) is 24.8 Å². The second-order valence-corrected chi connectivity index (χ2v) is 6.63. The van der Waals surface area contributed by atoms with Crippen LogP contribution in [0.4, 0.5) is 0 Å². The number of likely N-dealkylation sites (tertiary alicyclic amines) is 1. The lowest BCUT2D eigenvalue weighted by Crippen LogP contribution is -2.41. The lowest BCUT2D eigenvalue weighted by molar-refractivity contribution is 0.0601. The Hall–Kier alpha value is -1.75. The van der Waals surface area contributed by atoms with Gasteiger partial charge in [0.2, 0.25) is 0 Å². The van der Waals surface area contributed by atoms with Crippen LogP contribution in [0.3, 0.4) is 0 Å². The lowest BCUT2D eigenvalue weighted by Gasteiger charge is -2.32. The summed E-state index contributed by atoms with van der Waals surface area (Å²) in [4.78, 5) is 14.5. The van der Waals surface area contributed by atoms with Crippen LogP contribution in [0.5, 0.6) is 0 Å². The van der Waals surface area contributed by atoms with Gasteiger partial charge in [0.1, 0.15) is 5.76 Å². The molecule has 1 aliphatic heterocycles. The van der Waals surface area contributed by atoms with E-state index < -0.39 is 0 Å². The number of aryl methyl sites for hydroxylation is 1. The zero-order valence-corrected chi connectivity index (χ0v) is 14.6. The van der Waals surface area contributed by atoms with Crippen LogP contribution >= 0.6 is 11.6 Å². The smallest absolute Gasteiger partial charge is 0.289 e. The van der Waals surface area contributed by atoms with E-state index in [1.165, 1.54) is 6.42 Å². The van der Waals surface area contributed by atoms with Crippen LogP contribution in [0.1, 0.15) is 53.9 Å². The van der Waals surface area contributed by atoms with E-state index >= 15 is 0 Å². The third-order valence-corrected chi connectivity index (χ3v) is 5.08. The first-order valence-corrected chi connectivity index (χ1v) is 8.44. The van der Waals surface area contributed by atoms with Gasteiger partial charge in [0, 0.05) is 12.6 Å². The summed E-state index contributed by atoms with van der Waals surface area (Å²) in [6.45, 7) is 7.18. The highest BCUT2D eigenvalue weighted by atomic mass is 35.5. The average molecular weight is 336 g/mol. The van der Waals surface area contributed by atoms with E-state index in [2.05, 4.69) is 12.0 Å². The van der Waals surface area contributed by atoms with Gasteiger partial charge >= 0.3 is 0 Å². The minimum atomic E-state index is -0.0187. The fraction of sp³-hybridized carbons (Fsp3) is 0.529. The molecule has 0 spiro atoms. The van der Waals surface area contributed by atoms with Crippen molar-refractivity contribution in [2.75, 3.05) is 6.54 Å². The topological polar surface area (TPSA) is 51.3 Å². The minimum absolute atomic E-state index is 0.0187. The lowest BCUT2D eigenvalue weighted by atomic mass is 10.0. The molecular formula is C17H22ClN3O2. The highest BCUT2D eigenvalue weighted by Crippen LogP contribution is 2.22. The Morgan fingerprint density at radius 3 is 2.83 bits per heavy atom. The van der Waals surface area contributed by atoms with Crippen LogP contribution in [0.2, 0.25) is 5.02 Å². The molecule has 0 aromatic carbocycles. The number of halogens is 1. The van der Waals surface area contributed by atoms with Gasteiger partial charge < -0.3 is 9.32 Å². The third kappa shape index (κ3) is 3.15. The Balaban J connectivity index is 1.75. The standard InChI is InChI=1S/C17H22ClN3O2/c1-11-6-4-5-9-20(11)17(22)15-8-7-14(23-15)10-21-13(3)16(18)12(2)19-21/h7-8,11H,4-6,9-10H2,1-3H3/t11-/m1/s1. The van der Waals surface area contributed by atoms with E-state index in [0.29, 0.717) is 23.1 Å². The Morgan fingerprint density at radius 2 is 2.17 bits per heavy atom. The number of rotatable bonds is 3. The molecule has 1 atom stereocenters. The summed E-state index contributed by atoms with van der Waals surface area (Å²) in [5.41, 5.74) is 1.70.